The number of benzene rings is 1. The van der Waals surface area contributed by atoms with E-state index in [1.807, 2.05) is 0 Å². The van der Waals surface area contributed by atoms with Gasteiger partial charge in [0, 0.05) is 32.1 Å². The van der Waals surface area contributed by atoms with Crippen LogP contribution in [0, 0.1) is 5.82 Å². The van der Waals surface area contributed by atoms with Gasteiger partial charge < -0.3 is 16.3 Å². The molecule has 0 aliphatic heterocycles. The van der Waals surface area contributed by atoms with Crippen molar-refractivity contribution in [3.8, 4) is 0 Å². The van der Waals surface area contributed by atoms with E-state index in [1.165, 1.54) is 6.07 Å². The van der Waals surface area contributed by atoms with Crippen molar-refractivity contribution in [3.05, 3.63) is 47.3 Å². The van der Waals surface area contributed by atoms with Crippen LogP contribution in [-0.4, -0.2) is 32.4 Å². The van der Waals surface area contributed by atoms with E-state index in [1.54, 1.807) is 30.2 Å². The van der Waals surface area contributed by atoms with Crippen LogP contribution >= 0.6 is 0 Å². The third-order valence-corrected chi connectivity index (χ3v) is 2.95. The predicted octanol–water partition coefficient (Wildman–Crippen LogP) is 0.381. The highest BCUT2D eigenvalue weighted by molar-refractivity contribution is 5.97. The Morgan fingerprint density at radius 3 is 3.00 bits per heavy atom. The Hall–Kier alpha value is -2.48. The maximum Gasteiger partial charge on any atom is 0.173 e. The van der Waals surface area contributed by atoms with E-state index in [2.05, 4.69) is 20.6 Å². The summed E-state index contributed by atoms with van der Waals surface area (Å²) in [5, 5.41) is 18.7. The summed E-state index contributed by atoms with van der Waals surface area (Å²) in [6, 6.07) is 4.77. The zero-order chi connectivity index (χ0) is 15.2. The van der Waals surface area contributed by atoms with Gasteiger partial charge in [0.15, 0.2) is 11.7 Å². The molecular weight excluding hydrogens is 275 g/mol. The molecule has 8 heteroatoms. The Bertz CT molecular complexity index is 639. The fraction of sp³-hybridized carbons (Fsp3) is 0.308. The molecule has 0 saturated heterocycles. The fourth-order valence-corrected chi connectivity index (χ4v) is 1.89. The van der Waals surface area contributed by atoms with Crippen LogP contribution in [0.5, 0.6) is 0 Å². The lowest BCUT2D eigenvalue weighted by Crippen LogP contribution is -2.20. The monoisotopic (exact) mass is 292 g/mol. The Morgan fingerprint density at radius 2 is 2.33 bits per heavy atom. The third-order valence-electron chi connectivity index (χ3n) is 2.95. The van der Waals surface area contributed by atoms with Gasteiger partial charge in [-0.15, -0.1) is 0 Å². The molecule has 0 bridgehead atoms. The standard InChI is InChI=1S/C13H17FN6O/c1-20-8-17-11(18-20)5-6-16-7-9-3-2-4-10(12(9)14)13(15)19-21/h2-4,8,16,21H,5-7H2,1H3,(H2,15,19). The summed E-state index contributed by atoms with van der Waals surface area (Å²) in [6.07, 6.45) is 2.29. The molecule has 1 aromatic carbocycles. The summed E-state index contributed by atoms with van der Waals surface area (Å²) in [4.78, 5) is 4.10. The minimum Gasteiger partial charge on any atom is -0.409 e. The van der Waals surface area contributed by atoms with Crippen LogP contribution in [0.1, 0.15) is 17.0 Å². The number of hydrogen-bond donors (Lipinski definition) is 3. The second-order valence-electron chi connectivity index (χ2n) is 4.53. The molecule has 0 atom stereocenters. The molecular formula is C13H17FN6O. The second-order valence-corrected chi connectivity index (χ2v) is 4.53. The highest BCUT2D eigenvalue weighted by Gasteiger charge is 2.11. The van der Waals surface area contributed by atoms with Gasteiger partial charge in [-0.2, -0.15) is 5.10 Å². The van der Waals surface area contributed by atoms with Crippen molar-refractivity contribution in [1.82, 2.24) is 20.1 Å². The first kappa shape index (κ1) is 14.9. The SMILES string of the molecule is Cn1cnc(CCNCc2cccc(/C(N)=N/O)c2F)n1. The molecule has 0 aliphatic carbocycles. The molecule has 21 heavy (non-hydrogen) atoms. The largest absolute Gasteiger partial charge is 0.409 e. The molecule has 1 heterocycles. The smallest absolute Gasteiger partial charge is 0.173 e. The second kappa shape index (κ2) is 6.80. The van der Waals surface area contributed by atoms with Crippen LogP contribution in [0.25, 0.3) is 0 Å². The quantitative estimate of drug-likeness (QED) is 0.235. The summed E-state index contributed by atoms with van der Waals surface area (Å²) >= 11 is 0. The molecule has 0 saturated carbocycles. The van der Waals surface area contributed by atoms with Crippen molar-refractivity contribution in [2.75, 3.05) is 6.54 Å². The summed E-state index contributed by atoms with van der Waals surface area (Å²) in [5.41, 5.74) is 5.96. The van der Waals surface area contributed by atoms with Crippen LogP contribution in [-0.2, 0) is 20.0 Å². The van der Waals surface area contributed by atoms with Gasteiger partial charge >= 0.3 is 0 Å². The molecule has 2 aromatic rings. The number of nitrogens with two attached hydrogens (primary N) is 1. The van der Waals surface area contributed by atoms with E-state index in [4.69, 9.17) is 10.9 Å². The summed E-state index contributed by atoms with van der Waals surface area (Å²) in [6.45, 7) is 0.961. The number of aromatic nitrogens is 3. The molecule has 1 aromatic heterocycles. The van der Waals surface area contributed by atoms with Gasteiger partial charge in [0.2, 0.25) is 0 Å². The van der Waals surface area contributed by atoms with Crippen molar-refractivity contribution < 1.29 is 9.60 Å². The van der Waals surface area contributed by atoms with E-state index in [0.29, 0.717) is 25.1 Å². The van der Waals surface area contributed by atoms with Gasteiger partial charge in [0.1, 0.15) is 12.1 Å². The minimum absolute atomic E-state index is 0.0863. The molecule has 4 N–H and O–H groups in total. The molecule has 0 unspecified atom stereocenters. The van der Waals surface area contributed by atoms with Crippen molar-refractivity contribution in [2.24, 2.45) is 17.9 Å². The zero-order valence-corrected chi connectivity index (χ0v) is 11.6. The fourth-order valence-electron chi connectivity index (χ4n) is 1.89. The average molecular weight is 292 g/mol. The van der Waals surface area contributed by atoms with Gasteiger partial charge in [0.25, 0.3) is 0 Å². The van der Waals surface area contributed by atoms with Gasteiger partial charge in [-0.3, -0.25) is 4.68 Å². The lowest BCUT2D eigenvalue weighted by Gasteiger charge is -2.08. The summed E-state index contributed by atoms with van der Waals surface area (Å²) in [5.74, 6) is -0.000761. The molecule has 0 aliphatic rings. The number of halogens is 1. The number of nitrogens with zero attached hydrogens (tertiary/aromatic N) is 4. The van der Waals surface area contributed by atoms with E-state index >= 15 is 0 Å². The lowest BCUT2D eigenvalue weighted by molar-refractivity contribution is 0.318. The number of oxime groups is 1. The number of nitrogens with one attached hydrogen (secondary N) is 1. The van der Waals surface area contributed by atoms with Gasteiger partial charge in [0.05, 0.1) is 5.56 Å². The molecule has 0 radical (unpaired) electrons. The molecule has 2 rings (SSSR count). The van der Waals surface area contributed by atoms with Crippen molar-refractivity contribution in [3.63, 3.8) is 0 Å². The van der Waals surface area contributed by atoms with E-state index in [0.717, 1.165) is 5.82 Å². The molecule has 0 spiro atoms. The highest BCUT2D eigenvalue weighted by Crippen LogP contribution is 2.12. The number of aryl methyl sites for hydroxylation is 1. The van der Waals surface area contributed by atoms with E-state index in [-0.39, 0.29) is 11.4 Å². The van der Waals surface area contributed by atoms with Gasteiger partial charge in [-0.1, -0.05) is 17.3 Å². The molecule has 7 nitrogen and oxygen atoms in total. The van der Waals surface area contributed by atoms with Crippen LogP contribution in [0.3, 0.4) is 0 Å². The number of hydrogen-bond acceptors (Lipinski definition) is 5. The molecule has 0 fully saturated rings. The zero-order valence-electron chi connectivity index (χ0n) is 11.6. The summed E-state index contributed by atoms with van der Waals surface area (Å²) in [7, 11) is 1.80. The predicted molar refractivity (Wildman–Crippen MR) is 75.3 cm³/mol. The average Bonchev–Trinajstić information content (AvgIpc) is 2.90. The first-order chi connectivity index (χ1) is 10.1. The third kappa shape index (κ3) is 3.76. The maximum absolute atomic E-state index is 14.1. The van der Waals surface area contributed by atoms with Crippen molar-refractivity contribution in [2.45, 2.75) is 13.0 Å². The first-order valence-electron chi connectivity index (χ1n) is 6.42. The Labute approximate surface area is 121 Å². The van der Waals surface area contributed by atoms with E-state index < -0.39 is 5.82 Å². The first-order valence-corrected chi connectivity index (χ1v) is 6.42. The van der Waals surface area contributed by atoms with Crippen LogP contribution < -0.4 is 11.1 Å². The Morgan fingerprint density at radius 1 is 1.52 bits per heavy atom. The van der Waals surface area contributed by atoms with Crippen molar-refractivity contribution in [1.29, 1.82) is 0 Å². The van der Waals surface area contributed by atoms with Crippen LogP contribution in [0.2, 0.25) is 0 Å². The topological polar surface area (TPSA) is 101 Å². The van der Waals surface area contributed by atoms with Gasteiger partial charge in [-0.05, 0) is 6.07 Å². The van der Waals surface area contributed by atoms with Crippen molar-refractivity contribution >= 4 is 5.84 Å². The molecule has 0 amide bonds. The highest BCUT2D eigenvalue weighted by atomic mass is 19.1. The minimum atomic E-state index is -0.490. The number of rotatable bonds is 6. The lowest BCUT2D eigenvalue weighted by atomic mass is 10.1. The van der Waals surface area contributed by atoms with Gasteiger partial charge in [-0.25, -0.2) is 9.37 Å². The number of amidine groups is 1. The Kier molecular flexibility index (Phi) is 4.83. The summed E-state index contributed by atoms with van der Waals surface area (Å²) < 4.78 is 15.8. The Balaban J connectivity index is 1.91. The molecule has 112 valence electrons. The van der Waals surface area contributed by atoms with Crippen LogP contribution in [0.4, 0.5) is 4.39 Å². The maximum atomic E-state index is 14.1. The van der Waals surface area contributed by atoms with E-state index in [9.17, 15) is 4.39 Å². The normalized spacial score (nSPS) is 11.8. The van der Waals surface area contributed by atoms with Crippen LogP contribution in [0.15, 0.2) is 29.7 Å².